The molecule has 8 heteroatoms. The smallest absolute Gasteiger partial charge is 0.253 e. The van der Waals surface area contributed by atoms with Crippen molar-refractivity contribution >= 4 is 28.3 Å². The number of halogens is 1. The molecule has 1 aromatic carbocycles. The fourth-order valence-electron chi connectivity index (χ4n) is 3.06. The molecule has 1 atom stereocenters. The van der Waals surface area contributed by atoms with Crippen molar-refractivity contribution in [2.24, 2.45) is 11.1 Å². The largest absolute Gasteiger partial charge is 0.338 e. The molecule has 1 heterocycles. The van der Waals surface area contributed by atoms with Crippen LogP contribution in [0.5, 0.6) is 0 Å². The van der Waals surface area contributed by atoms with E-state index in [0.29, 0.717) is 30.8 Å². The topological polar surface area (TPSA) is 92.5 Å². The van der Waals surface area contributed by atoms with Crippen LogP contribution >= 0.6 is 12.4 Å². The number of likely N-dealkylation sites (tertiary alicyclic amines) is 1. The van der Waals surface area contributed by atoms with Gasteiger partial charge in [0.2, 0.25) is 10.0 Å². The molecule has 1 unspecified atom stereocenters. The van der Waals surface area contributed by atoms with Gasteiger partial charge in [-0.05, 0) is 56.8 Å². The Morgan fingerprint density at radius 2 is 2.00 bits per heavy atom. The van der Waals surface area contributed by atoms with Crippen molar-refractivity contribution in [1.82, 2.24) is 9.62 Å². The number of sulfonamides is 1. The molecule has 0 saturated carbocycles. The van der Waals surface area contributed by atoms with E-state index in [1.807, 2.05) is 0 Å². The van der Waals surface area contributed by atoms with Crippen LogP contribution in [0.25, 0.3) is 0 Å². The van der Waals surface area contributed by atoms with E-state index in [4.69, 9.17) is 5.73 Å². The maximum absolute atomic E-state index is 12.7. The van der Waals surface area contributed by atoms with Crippen molar-refractivity contribution in [3.8, 4) is 0 Å². The number of nitrogens with zero attached hydrogens (tertiary/aromatic N) is 1. The van der Waals surface area contributed by atoms with Crippen molar-refractivity contribution in [3.63, 3.8) is 0 Å². The van der Waals surface area contributed by atoms with Crippen molar-refractivity contribution in [1.29, 1.82) is 0 Å². The minimum absolute atomic E-state index is 0. The van der Waals surface area contributed by atoms with Gasteiger partial charge in [0.15, 0.2) is 0 Å². The van der Waals surface area contributed by atoms with Gasteiger partial charge in [-0.15, -0.1) is 12.4 Å². The van der Waals surface area contributed by atoms with Gasteiger partial charge >= 0.3 is 0 Å². The predicted octanol–water partition coefficient (Wildman–Crippen LogP) is 2.14. The van der Waals surface area contributed by atoms with Crippen molar-refractivity contribution in [2.45, 2.75) is 45.4 Å². The van der Waals surface area contributed by atoms with Gasteiger partial charge in [0.1, 0.15) is 0 Å². The summed E-state index contributed by atoms with van der Waals surface area (Å²) in [6.07, 6.45) is 0.888. The lowest BCUT2D eigenvalue weighted by Crippen LogP contribution is -2.41. The van der Waals surface area contributed by atoms with Crippen LogP contribution in [-0.2, 0) is 15.8 Å². The molecule has 0 radical (unpaired) electrons. The maximum Gasteiger partial charge on any atom is 0.253 e. The SMILES string of the molecule is CC1(CN)CCN(C(=O)c2cccc(CS(=O)(=O)NC(C)(C)C)c2)C1.Cl. The van der Waals surface area contributed by atoms with E-state index in [0.717, 1.165) is 6.42 Å². The number of hydrogen-bond donors (Lipinski definition) is 2. The Kier molecular flexibility index (Phi) is 7.26. The lowest BCUT2D eigenvalue weighted by molar-refractivity contribution is 0.0776. The van der Waals surface area contributed by atoms with Gasteiger partial charge in [-0.25, -0.2) is 13.1 Å². The molecule has 0 aliphatic carbocycles. The summed E-state index contributed by atoms with van der Waals surface area (Å²) in [7, 11) is -3.47. The van der Waals surface area contributed by atoms with Gasteiger partial charge in [0, 0.05) is 24.2 Å². The summed E-state index contributed by atoms with van der Waals surface area (Å²) in [5, 5.41) is 0. The molecule has 1 aliphatic rings. The van der Waals surface area contributed by atoms with Crippen molar-refractivity contribution in [2.75, 3.05) is 19.6 Å². The number of rotatable bonds is 5. The highest BCUT2D eigenvalue weighted by atomic mass is 35.5. The molecule has 2 rings (SSSR count). The first kappa shape index (κ1) is 22.9. The molecule has 1 aromatic rings. The first-order valence-electron chi connectivity index (χ1n) is 8.53. The summed E-state index contributed by atoms with van der Waals surface area (Å²) in [6, 6.07) is 6.86. The van der Waals surface area contributed by atoms with Gasteiger partial charge in [0.25, 0.3) is 5.91 Å². The summed E-state index contributed by atoms with van der Waals surface area (Å²) in [4.78, 5) is 14.5. The quantitative estimate of drug-likeness (QED) is 0.787. The number of nitrogens with two attached hydrogens (primary N) is 1. The zero-order valence-electron chi connectivity index (χ0n) is 15.9. The molecular weight excluding hydrogens is 374 g/mol. The fraction of sp³-hybridized carbons (Fsp3) is 0.611. The Morgan fingerprint density at radius 3 is 2.54 bits per heavy atom. The molecule has 6 nitrogen and oxygen atoms in total. The normalized spacial score (nSPS) is 20.7. The van der Waals surface area contributed by atoms with Crippen molar-refractivity contribution < 1.29 is 13.2 Å². The van der Waals surface area contributed by atoms with E-state index in [1.165, 1.54) is 0 Å². The second-order valence-electron chi connectivity index (χ2n) is 8.30. The van der Waals surface area contributed by atoms with Crippen LogP contribution in [0.15, 0.2) is 24.3 Å². The maximum atomic E-state index is 12.7. The Balaban J connectivity index is 0.00000338. The lowest BCUT2D eigenvalue weighted by atomic mass is 9.90. The standard InChI is InChI=1S/C18H29N3O3S.ClH/c1-17(2,3)20-25(23,24)11-14-6-5-7-15(10-14)16(22)21-9-8-18(4,12-19)13-21;/h5-7,10,20H,8-9,11-13,19H2,1-4H3;1H. The van der Waals surface area contributed by atoms with E-state index in [2.05, 4.69) is 11.6 Å². The summed E-state index contributed by atoms with van der Waals surface area (Å²) in [5.41, 5.74) is 6.35. The highest BCUT2D eigenvalue weighted by molar-refractivity contribution is 7.88. The summed E-state index contributed by atoms with van der Waals surface area (Å²) < 4.78 is 27.1. The number of nitrogens with one attached hydrogen (secondary N) is 1. The third kappa shape index (κ3) is 6.23. The van der Waals surface area contributed by atoms with Crippen LogP contribution in [-0.4, -0.2) is 44.4 Å². The molecule has 1 amide bonds. The number of hydrogen-bond acceptors (Lipinski definition) is 4. The Labute approximate surface area is 163 Å². The van der Waals surface area contributed by atoms with Gasteiger partial charge in [0.05, 0.1) is 5.75 Å². The Morgan fingerprint density at radius 1 is 1.35 bits per heavy atom. The van der Waals surface area contributed by atoms with Gasteiger partial charge in [-0.1, -0.05) is 19.1 Å². The zero-order chi connectivity index (χ0) is 18.9. The number of amides is 1. The molecule has 3 N–H and O–H groups in total. The molecular formula is C18H30ClN3O3S. The van der Waals surface area contributed by atoms with Gasteiger partial charge < -0.3 is 10.6 Å². The van der Waals surface area contributed by atoms with E-state index in [1.54, 1.807) is 49.9 Å². The summed E-state index contributed by atoms with van der Waals surface area (Å²) >= 11 is 0. The molecule has 26 heavy (non-hydrogen) atoms. The minimum Gasteiger partial charge on any atom is -0.338 e. The number of carbonyl (C=O) groups excluding carboxylic acids is 1. The fourth-order valence-corrected chi connectivity index (χ4v) is 4.69. The molecule has 0 spiro atoms. The molecule has 1 fully saturated rings. The number of benzene rings is 1. The monoisotopic (exact) mass is 403 g/mol. The molecule has 1 saturated heterocycles. The van der Waals surface area contributed by atoms with Crippen LogP contribution in [0.3, 0.4) is 0 Å². The van der Waals surface area contributed by atoms with E-state index in [9.17, 15) is 13.2 Å². The minimum atomic E-state index is -3.47. The lowest BCUT2D eigenvalue weighted by Gasteiger charge is -2.23. The highest BCUT2D eigenvalue weighted by Gasteiger charge is 2.35. The molecule has 148 valence electrons. The van der Waals surface area contributed by atoms with E-state index < -0.39 is 15.6 Å². The summed E-state index contributed by atoms with van der Waals surface area (Å²) in [6.45, 7) is 9.34. The van der Waals surface area contributed by atoms with E-state index >= 15 is 0 Å². The first-order valence-corrected chi connectivity index (χ1v) is 10.2. The second kappa shape index (κ2) is 8.25. The van der Waals surface area contributed by atoms with Crippen LogP contribution in [0, 0.1) is 5.41 Å². The first-order chi connectivity index (χ1) is 11.4. The zero-order valence-corrected chi connectivity index (χ0v) is 17.5. The van der Waals surface area contributed by atoms with Gasteiger partial charge in [-0.2, -0.15) is 0 Å². The van der Waals surface area contributed by atoms with Gasteiger partial charge in [-0.3, -0.25) is 4.79 Å². The third-order valence-electron chi connectivity index (χ3n) is 4.33. The van der Waals surface area contributed by atoms with Crippen LogP contribution in [0.2, 0.25) is 0 Å². The van der Waals surface area contributed by atoms with Crippen molar-refractivity contribution in [3.05, 3.63) is 35.4 Å². The Bertz CT molecular complexity index is 746. The van der Waals surface area contributed by atoms with E-state index in [-0.39, 0.29) is 29.5 Å². The van der Waals surface area contributed by atoms with Crippen LogP contribution in [0.4, 0.5) is 0 Å². The third-order valence-corrected chi connectivity index (χ3v) is 5.97. The molecule has 1 aliphatic heterocycles. The Hall–Kier alpha value is -1.15. The molecule has 0 aromatic heterocycles. The molecule has 0 bridgehead atoms. The van der Waals surface area contributed by atoms with Crippen LogP contribution < -0.4 is 10.5 Å². The highest BCUT2D eigenvalue weighted by Crippen LogP contribution is 2.29. The summed E-state index contributed by atoms with van der Waals surface area (Å²) in [5.74, 6) is -0.216. The second-order valence-corrected chi connectivity index (χ2v) is 10.0. The predicted molar refractivity (Wildman–Crippen MR) is 107 cm³/mol. The average Bonchev–Trinajstić information content (AvgIpc) is 2.87. The van der Waals surface area contributed by atoms with Crippen LogP contribution in [0.1, 0.15) is 50.0 Å². The number of carbonyl (C=O) groups is 1. The average molecular weight is 404 g/mol.